The highest BCUT2D eigenvalue weighted by Crippen LogP contribution is 2.27. The van der Waals surface area contributed by atoms with Crippen molar-refractivity contribution in [2.24, 2.45) is 0 Å². The maximum atomic E-state index is 5.47. The second kappa shape index (κ2) is 6.33. The molecular weight excluding hydrogens is 270 g/mol. The molecule has 4 nitrogen and oxygen atoms in total. The first-order valence-electron chi connectivity index (χ1n) is 6.65. The van der Waals surface area contributed by atoms with Crippen molar-refractivity contribution in [2.75, 3.05) is 14.2 Å². The highest BCUT2D eigenvalue weighted by Gasteiger charge is 2.17. The van der Waals surface area contributed by atoms with Gasteiger partial charge < -0.3 is 10.1 Å². The number of methoxy groups -OCH3 is 1. The van der Waals surface area contributed by atoms with Gasteiger partial charge >= 0.3 is 0 Å². The summed E-state index contributed by atoms with van der Waals surface area (Å²) in [6.45, 7) is 6.11. The third-order valence-corrected chi connectivity index (χ3v) is 4.28. The number of pyridine rings is 1. The standard InChI is InChI=1S/C15H21N3OS/c1-9-7-17-12(10(2)15(9)19-5)6-13(16-4)14-8-20-11(3)18-14/h7-8,13,16H,6H2,1-5H3. The minimum Gasteiger partial charge on any atom is -0.496 e. The van der Waals surface area contributed by atoms with Crippen LogP contribution >= 0.6 is 11.3 Å². The van der Waals surface area contributed by atoms with Gasteiger partial charge in [-0.2, -0.15) is 0 Å². The largest absolute Gasteiger partial charge is 0.496 e. The van der Waals surface area contributed by atoms with E-state index in [1.54, 1.807) is 18.4 Å². The fourth-order valence-electron chi connectivity index (χ4n) is 2.36. The summed E-state index contributed by atoms with van der Waals surface area (Å²) in [6.07, 6.45) is 2.68. The van der Waals surface area contributed by atoms with E-state index in [0.29, 0.717) is 0 Å². The summed E-state index contributed by atoms with van der Waals surface area (Å²) in [5, 5.41) is 6.52. The van der Waals surface area contributed by atoms with E-state index in [0.717, 1.165) is 39.7 Å². The molecule has 1 atom stereocenters. The summed E-state index contributed by atoms with van der Waals surface area (Å²) >= 11 is 1.68. The molecular formula is C15H21N3OS. The van der Waals surface area contributed by atoms with Gasteiger partial charge in [0.05, 0.1) is 23.9 Å². The van der Waals surface area contributed by atoms with Crippen LogP contribution in [-0.2, 0) is 6.42 Å². The van der Waals surface area contributed by atoms with E-state index in [1.807, 2.05) is 27.1 Å². The van der Waals surface area contributed by atoms with E-state index in [1.165, 1.54) is 0 Å². The Morgan fingerprint density at radius 1 is 1.35 bits per heavy atom. The van der Waals surface area contributed by atoms with Crippen LogP contribution in [0.2, 0.25) is 0 Å². The molecule has 20 heavy (non-hydrogen) atoms. The van der Waals surface area contributed by atoms with Gasteiger partial charge in [0, 0.05) is 34.8 Å². The molecule has 2 rings (SSSR count). The molecule has 1 N–H and O–H groups in total. The van der Waals surface area contributed by atoms with Crippen LogP contribution in [0.15, 0.2) is 11.6 Å². The Kier molecular flexibility index (Phi) is 4.73. The lowest BCUT2D eigenvalue weighted by molar-refractivity contribution is 0.406. The van der Waals surface area contributed by atoms with Crippen molar-refractivity contribution < 1.29 is 4.74 Å². The molecule has 0 saturated carbocycles. The van der Waals surface area contributed by atoms with Crippen LogP contribution in [0.4, 0.5) is 0 Å². The zero-order valence-electron chi connectivity index (χ0n) is 12.7. The third kappa shape index (κ3) is 2.99. The van der Waals surface area contributed by atoms with Gasteiger partial charge in [-0.15, -0.1) is 11.3 Å². The number of hydrogen-bond donors (Lipinski definition) is 1. The topological polar surface area (TPSA) is 47.0 Å². The highest BCUT2D eigenvalue weighted by molar-refractivity contribution is 7.09. The molecule has 0 aromatic carbocycles. The Balaban J connectivity index is 2.28. The maximum Gasteiger partial charge on any atom is 0.128 e. The number of likely N-dealkylation sites (N-methyl/N-ethyl adjacent to an activating group) is 1. The van der Waals surface area contributed by atoms with Crippen LogP contribution in [-0.4, -0.2) is 24.1 Å². The smallest absolute Gasteiger partial charge is 0.128 e. The summed E-state index contributed by atoms with van der Waals surface area (Å²) in [5.74, 6) is 0.930. The Hall–Kier alpha value is -1.46. The van der Waals surface area contributed by atoms with Crippen LogP contribution < -0.4 is 10.1 Å². The summed E-state index contributed by atoms with van der Waals surface area (Å²) in [7, 11) is 3.67. The number of nitrogens with one attached hydrogen (secondary N) is 1. The van der Waals surface area contributed by atoms with Gasteiger partial charge in [-0.3, -0.25) is 4.98 Å². The van der Waals surface area contributed by atoms with E-state index < -0.39 is 0 Å². The average Bonchev–Trinajstić information content (AvgIpc) is 2.85. The molecule has 108 valence electrons. The quantitative estimate of drug-likeness (QED) is 0.920. The van der Waals surface area contributed by atoms with E-state index in [9.17, 15) is 0 Å². The van der Waals surface area contributed by atoms with E-state index >= 15 is 0 Å². The fourth-order valence-corrected chi connectivity index (χ4v) is 3.03. The van der Waals surface area contributed by atoms with Gasteiger partial charge in [0.1, 0.15) is 5.75 Å². The predicted octanol–water partition coefficient (Wildman–Crippen LogP) is 2.98. The lowest BCUT2D eigenvalue weighted by atomic mass is 10.0. The first kappa shape index (κ1) is 14.9. The molecule has 2 heterocycles. The Labute approximate surface area is 124 Å². The van der Waals surface area contributed by atoms with Crippen molar-refractivity contribution in [3.63, 3.8) is 0 Å². The highest BCUT2D eigenvalue weighted by atomic mass is 32.1. The number of rotatable bonds is 5. The lowest BCUT2D eigenvalue weighted by Crippen LogP contribution is -2.20. The van der Waals surface area contributed by atoms with Gasteiger partial charge in [0.2, 0.25) is 0 Å². The maximum absolute atomic E-state index is 5.47. The van der Waals surface area contributed by atoms with Crippen molar-refractivity contribution in [1.82, 2.24) is 15.3 Å². The van der Waals surface area contributed by atoms with Gasteiger partial charge in [0.25, 0.3) is 0 Å². The summed E-state index contributed by atoms with van der Waals surface area (Å²) in [6, 6.07) is 0.179. The zero-order chi connectivity index (χ0) is 14.7. The van der Waals surface area contributed by atoms with Crippen molar-refractivity contribution >= 4 is 11.3 Å². The third-order valence-electron chi connectivity index (χ3n) is 3.49. The first-order chi connectivity index (χ1) is 9.56. The predicted molar refractivity (Wildman–Crippen MR) is 82.6 cm³/mol. The molecule has 0 aliphatic rings. The van der Waals surface area contributed by atoms with Gasteiger partial charge in [-0.05, 0) is 27.8 Å². The summed E-state index contributed by atoms with van der Waals surface area (Å²) in [4.78, 5) is 9.13. The lowest BCUT2D eigenvalue weighted by Gasteiger charge is -2.17. The molecule has 0 amide bonds. The molecule has 0 saturated heterocycles. The van der Waals surface area contributed by atoms with Crippen molar-refractivity contribution in [3.05, 3.63) is 39.1 Å². The first-order valence-corrected chi connectivity index (χ1v) is 7.53. The Morgan fingerprint density at radius 3 is 2.65 bits per heavy atom. The molecule has 0 aliphatic heterocycles. The number of hydrogen-bond acceptors (Lipinski definition) is 5. The normalized spacial score (nSPS) is 12.4. The van der Waals surface area contributed by atoms with Crippen LogP contribution in [0.25, 0.3) is 0 Å². The molecule has 2 aromatic heterocycles. The Bertz CT molecular complexity index is 595. The molecule has 0 radical (unpaired) electrons. The molecule has 0 spiro atoms. The second-order valence-corrected chi connectivity index (χ2v) is 5.95. The van der Waals surface area contributed by atoms with Gasteiger partial charge in [-0.25, -0.2) is 4.98 Å². The number of nitrogens with zero attached hydrogens (tertiary/aromatic N) is 2. The molecule has 0 bridgehead atoms. The zero-order valence-corrected chi connectivity index (χ0v) is 13.5. The van der Waals surface area contributed by atoms with Crippen molar-refractivity contribution in [1.29, 1.82) is 0 Å². The van der Waals surface area contributed by atoms with Gasteiger partial charge in [0.15, 0.2) is 0 Å². The van der Waals surface area contributed by atoms with Crippen LogP contribution in [0.3, 0.4) is 0 Å². The summed E-state index contributed by atoms with van der Waals surface area (Å²) < 4.78 is 5.47. The fraction of sp³-hybridized carbons (Fsp3) is 0.467. The number of aryl methyl sites for hydroxylation is 2. The molecule has 2 aromatic rings. The van der Waals surface area contributed by atoms with Crippen LogP contribution in [0.1, 0.15) is 33.6 Å². The van der Waals surface area contributed by atoms with Gasteiger partial charge in [-0.1, -0.05) is 0 Å². The molecule has 0 fully saturated rings. The van der Waals surface area contributed by atoms with Crippen molar-refractivity contribution in [2.45, 2.75) is 33.2 Å². The van der Waals surface area contributed by atoms with E-state index in [2.05, 4.69) is 27.6 Å². The average molecular weight is 291 g/mol. The van der Waals surface area contributed by atoms with E-state index in [-0.39, 0.29) is 6.04 Å². The number of ether oxygens (including phenoxy) is 1. The molecule has 5 heteroatoms. The van der Waals surface area contributed by atoms with E-state index in [4.69, 9.17) is 4.74 Å². The minimum atomic E-state index is 0.179. The second-order valence-electron chi connectivity index (χ2n) is 4.88. The van der Waals surface area contributed by atoms with Crippen LogP contribution in [0, 0.1) is 20.8 Å². The molecule has 1 unspecified atom stereocenters. The summed E-state index contributed by atoms with van der Waals surface area (Å²) in [5.41, 5.74) is 4.31. The number of thiazole rings is 1. The SMILES string of the molecule is CNC(Cc1ncc(C)c(OC)c1C)c1csc(C)n1. The number of aromatic nitrogens is 2. The monoisotopic (exact) mass is 291 g/mol. The Morgan fingerprint density at radius 2 is 2.10 bits per heavy atom. The minimum absolute atomic E-state index is 0.179. The van der Waals surface area contributed by atoms with Crippen molar-refractivity contribution in [3.8, 4) is 5.75 Å². The van der Waals surface area contributed by atoms with Crippen LogP contribution in [0.5, 0.6) is 5.75 Å². The molecule has 0 aliphatic carbocycles.